The normalized spacial score (nSPS) is 16.5. The third-order valence-electron chi connectivity index (χ3n) is 4.48. The first-order valence-corrected chi connectivity index (χ1v) is 8.37. The topological polar surface area (TPSA) is 55.6 Å². The number of rotatable bonds is 6. The van der Waals surface area contributed by atoms with E-state index >= 15 is 0 Å². The highest BCUT2D eigenvalue weighted by molar-refractivity contribution is 5.88. The first-order valence-electron chi connectivity index (χ1n) is 8.37. The van der Waals surface area contributed by atoms with Gasteiger partial charge in [-0.2, -0.15) is 0 Å². The average Bonchev–Trinajstić information content (AvgIpc) is 2.56. The van der Waals surface area contributed by atoms with Crippen molar-refractivity contribution >= 4 is 16.7 Å². The zero-order valence-corrected chi connectivity index (χ0v) is 13.4. The second-order valence-corrected chi connectivity index (χ2v) is 6.21. The van der Waals surface area contributed by atoms with Crippen LogP contribution in [-0.4, -0.2) is 36.5 Å². The van der Waals surface area contributed by atoms with Crippen molar-refractivity contribution in [2.45, 2.75) is 31.8 Å². The van der Waals surface area contributed by atoms with Crippen LogP contribution in [0.4, 0.5) is 0 Å². The van der Waals surface area contributed by atoms with Gasteiger partial charge in [0.1, 0.15) is 11.9 Å². The van der Waals surface area contributed by atoms with E-state index in [0.717, 1.165) is 44.6 Å². The molecule has 0 spiro atoms. The summed E-state index contributed by atoms with van der Waals surface area (Å²) < 4.78 is 6.26. The van der Waals surface area contributed by atoms with Crippen molar-refractivity contribution < 1.29 is 9.53 Å². The number of carbonyl (C=O) groups is 1. The molecule has 1 aliphatic heterocycles. The van der Waals surface area contributed by atoms with Gasteiger partial charge < -0.3 is 15.4 Å². The Balaban J connectivity index is 1.53. The van der Waals surface area contributed by atoms with Gasteiger partial charge in [0.25, 0.3) is 0 Å². The minimum absolute atomic E-state index is 0.209. The quantitative estimate of drug-likeness (QED) is 0.892. The monoisotopic (exact) mass is 312 g/mol. The average molecular weight is 312 g/mol. The Hall–Kier alpha value is -2.07. The molecule has 1 aliphatic rings. The maximum atomic E-state index is 10.8. The summed E-state index contributed by atoms with van der Waals surface area (Å²) in [5, 5.41) is 2.40. The van der Waals surface area contributed by atoms with E-state index in [9.17, 15) is 4.79 Å². The van der Waals surface area contributed by atoms with Crippen LogP contribution in [0.5, 0.6) is 5.75 Å². The Kier molecular flexibility index (Phi) is 5.13. The molecule has 0 aromatic heterocycles. The number of carbonyl (C=O) groups excluding carboxylic acids is 1. The molecular formula is C19H24N2O2. The number of hydrogen-bond acceptors (Lipinski definition) is 3. The summed E-state index contributed by atoms with van der Waals surface area (Å²) in [6.45, 7) is 2.99. The number of amides is 1. The number of ether oxygens (including phenoxy) is 1. The van der Waals surface area contributed by atoms with Crippen LogP contribution in [0.25, 0.3) is 10.8 Å². The summed E-state index contributed by atoms with van der Waals surface area (Å²) in [5.74, 6) is 0.773. The van der Waals surface area contributed by atoms with Crippen LogP contribution in [-0.2, 0) is 4.79 Å². The highest BCUT2D eigenvalue weighted by atomic mass is 16.5. The molecule has 3 rings (SSSR count). The SMILES string of the molecule is NC(=O)CCCN1CCC(Oc2cccc3ccccc23)CC1. The van der Waals surface area contributed by atoms with Gasteiger partial charge in [-0.05, 0) is 37.3 Å². The molecule has 2 aromatic rings. The van der Waals surface area contributed by atoms with Crippen molar-refractivity contribution in [2.75, 3.05) is 19.6 Å². The van der Waals surface area contributed by atoms with Crippen molar-refractivity contribution in [3.63, 3.8) is 0 Å². The summed E-state index contributed by atoms with van der Waals surface area (Å²) >= 11 is 0. The molecule has 0 atom stereocenters. The zero-order chi connectivity index (χ0) is 16.1. The minimum Gasteiger partial charge on any atom is -0.490 e. The summed E-state index contributed by atoms with van der Waals surface area (Å²) in [6.07, 6.45) is 3.66. The third-order valence-corrected chi connectivity index (χ3v) is 4.48. The van der Waals surface area contributed by atoms with E-state index in [1.807, 2.05) is 0 Å². The lowest BCUT2D eigenvalue weighted by atomic mass is 10.1. The molecule has 2 aromatic carbocycles. The largest absolute Gasteiger partial charge is 0.490 e. The molecule has 0 radical (unpaired) electrons. The number of fused-ring (bicyclic) bond motifs is 1. The van der Waals surface area contributed by atoms with Crippen molar-refractivity contribution in [1.29, 1.82) is 0 Å². The highest BCUT2D eigenvalue weighted by Crippen LogP contribution is 2.28. The van der Waals surface area contributed by atoms with E-state index in [0.29, 0.717) is 6.42 Å². The molecular weight excluding hydrogens is 288 g/mol. The Labute approximate surface area is 137 Å². The zero-order valence-electron chi connectivity index (χ0n) is 13.4. The van der Waals surface area contributed by atoms with Crippen LogP contribution in [0.1, 0.15) is 25.7 Å². The number of primary amides is 1. The maximum Gasteiger partial charge on any atom is 0.217 e. The van der Waals surface area contributed by atoms with Gasteiger partial charge in [0.15, 0.2) is 0 Å². The Morgan fingerprint density at radius 1 is 1.13 bits per heavy atom. The predicted molar refractivity (Wildman–Crippen MR) is 92.5 cm³/mol. The summed E-state index contributed by atoms with van der Waals surface area (Å²) in [7, 11) is 0. The molecule has 4 heteroatoms. The predicted octanol–water partition coefficient (Wildman–Crippen LogP) is 2.95. The standard InChI is InChI=1S/C19H24N2O2/c20-19(22)9-4-12-21-13-10-16(11-14-21)23-18-8-3-6-15-5-1-2-7-17(15)18/h1-3,5-8,16H,4,9-14H2,(H2,20,22). The molecule has 4 nitrogen and oxygen atoms in total. The molecule has 0 unspecified atom stereocenters. The Morgan fingerprint density at radius 2 is 1.87 bits per heavy atom. The van der Waals surface area contributed by atoms with Crippen molar-refractivity contribution in [3.05, 3.63) is 42.5 Å². The number of nitrogens with zero attached hydrogens (tertiary/aromatic N) is 1. The maximum absolute atomic E-state index is 10.8. The van der Waals surface area contributed by atoms with E-state index in [1.165, 1.54) is 10.8 Å². The molecule has 0 bridgehead atoms. The van der Waals surface area contributed by atoms with Gasteiger partial charge in [0.2, 0.25) is 5.91 Å². The summed E-state index contributed by atoms with van der Waals surface area (Å²) in [6, 6.07) is 14.6. The Bertz CT molecular complexity index is 658. The van der Waals surface area contributed by atoms with Crippen LogP contribution in [0, 0.1) is 0 Å². The molecule has 23 heavy (non-hydrogen) atoms. The number of benzene rings is 2. The minimum atomic E-state index is -0.209. The third kappa shape index (κ3) is 4.23. The fourth-order valence-electron chi connectivity index (χ4n) is 3.21. The summed E-state index contributed by atoms with van der Waals surface area (Å²) in [5.41, 5.74) is 5.18. The molecule has 2 N–H and O–H groups in total. The van der Waals surface area contributed by atoms with Crippen LogP contribution >= 0.6 is 0 Å². The Morgan fingerprint density at radius 3 is 2.65 bits per heavy atom. The number of nitrogens with two attached hydrogens (primary N) is 1. The lowest BCUT2D eigenvalue weighted by molar-refractivity contribution is -0.118. The molecule has 122 valence electrons. The number of likely N-dealkylation sites (tertiary alicyclic amines) is 1. The van der Waals surface area contributed by atoms with E-state index < -0.39 is 0 Å². The van der Waals surface area contributed by atoms with Crippen LogP contribution in [0.2, 0.25) is 0 Å². The molecule has 0 saturated carbocycles. The second-order valence-electron chi connectivity index (χ2n) is 6.21. The van der Waals surface area contributed by atoms with E-state index in [2.05, 4.69) is 47.4 Å². The molecule has 1 heterocycles. The fraction of sp³-hybridized carbons (Fsp3) is 0.421. The van der Waals surface area contributed by atoms with E-state index in [4.69, 9.17) is 10.5 Å². The lowest BCUT2D eigenvalue weighted by Gasteiger charge is -2.32. The fourth-order valence-corrected chi connectivity index (χ4v) is 3.21. The van der Waals surface area contributed by atoms with Crippen molar-refractivity contribution in [1.82, 2.24) is 4.90 Å². The summed E-state index contributed by atoms with van der Waals surface area (Å²) in [4.78, 5) is 13.2. The first kappa shape index (κ1) is 15.8. The van der Waals surface area contributed by atoms with Crippen molar-refractivity contribution in [2.24, 2.45) is 5.73 Å². The van der Waals surface area contributed by atoms with Gasteiger partial charge in [0.05, 0.1) is 0 Å². The van der Waals surface area contributed by atoms with Gasteiger partial charge in [-0.1, -0.05) is 36.4 Å². The number of piperidine rings is 1. The smallest absolute Gasteiger partial charge is 0.217 e. The molecule has 0 aliphatic carbocycles. The van der Waals surface area contributed by atoms with Gasteiger partial charge in [0, 0.05) is 24.9 Å². The van der Waals surface area contributed by atoms with Crippen LogP contribution < -0.4 is 10.5 Å². The van der Waals surface area contributed by atoms with Gasteiger partial charge in [-0.25, -0.2) is 0 Å². The van der Waals surface area contributed by atoms with Gasteiger partial charge >= 0.3 is 0 Å². The molecule has 1 saturated heterocycles. The van der Waals surface area contributed by atoms with Crippen molar-refractivity contribution in [3.8, 4) is 5.75 Å². The second kappa shape index (κ2) is 7.47. The molecule has 1 fully saturated rings. The van der Waals surface area contributed by atoms with Gasteiger partial charge in [-0.15, -0.1) is 0 Å². The van der Waals surface area contributed by atoms with Crippen LogP contribution in [0.15, 0.2) is 42.5 Å². The van der Waals surface area contributed by atoms with E-state index in [1.54, 1.807) is 0 Å². The lowest BCUT2D eigenvalue weighted by Crippen LogP contribution is -2.38. The van der Waals surface area contributed by atoms with Crippen LogP contribution in [0.3, 0.4) is 0 Å². The highest BCUT2D eigenvalue weighted by Gasteiger charge is 2.20. The van der Waals surface area contributed by atoms with Gasteiger partial charge in [-0.3, -0.25) is 4.79 Å². The van der Waals surface area contributed by atoms with E-state index in [-0.39, 0.29) is 12.0 Å². The molecule has 1 amide bonds. The first-order chi connectivity index (χ1) is 11.2. The number of hydrogen-bond donors (Lipinski definition) is 1.